The smallest absolute Gasteiger partial charge is 0.147 e. The zero-order chi connectivity index (χ0) is 10.8. The number of anilines is 1. The van der Waals surface area contributed by atoms with Crippen molar-refractivity contribution in [3.8, 4) is 5.69 Å². The van der Waals surface area contributed by atoms with Crippen LogP contribution in [0.3, 0.4) is 0 Å². The number of nitrogens with two attached hydrogens (primary N) is 1. The molecule has 0 spiro atoms. The Hall–Kier alpha value is -1.84. The Morgan fingerprint density at radius 3 is 3.00 bits per heavy atom. The second-order valence-corrected chi connectivity index (χ2v) is 3.32. The Balaban J connectivity index is 2.58. The second-order valence-electron chi connectivity index (χ2n) is 3.32. The highest BCUT2D eigenvalue weighted by Gasteiger charge is 2.07. The molecule has 78 valence electrons. The van der Waals surface area contributed by atoms with Crippen molar-refractivity contribution in [1.29, 1.82) is 0 Å². The van der Waals surface area contributed by atoms with Crippen LogP contribution in [0.4, 0.5) is 10.1 Å². The van der Waals surface area contributed by atoms with Gasteiger partial charge in [0.1, 0.15) is 5.82 Å². The number of hydrogen-bond donors (Lipinski definition) is 1. The maximum Gasteiger partial charge on any atom is 0.147 e. The summed E-state index contributed by atoms with van der Waals surface area (Å²) in [5.41, 5.74) is 7.57. The van der Waals surface area contributed by atoms with Crippen molar-refractivity contribution >= 4 is 5.69 Å². The predicted molar refractivity (Wildman–Crippen MR) is 57.3 cm³/mol. The summed E-state index contributed by atoms with van der Waals surface area (Å²) in [6.45, 7) is 2.00. The molecule has 4 heteroatoms. The zero-order valence-corrected chi connectivity index (χ0v) is 8.44. The third-order valence-electron chi connectivity index (χ3n) is 2.31. The minimum absolute atomic E-state index is 0.295. The number of nitrogen functional groups attached to an aromatic ring is 1. The monoisotopic (exact) mass is 205 g/mol. The molecule has 2 N–H and O–H groups in total. The van der Waals surface area contributed by atoms with Crippen LogP contribution in [0.1, 0.15) is 12.6 Å². The summed E-state index contributed by atoms with van der Waals surface area (Å²) < 4.78 is 15.3. The summed E-state index contributed by atoms with van der Waals surface area (Å²) >= 11 is 0. The van der Waals surface area contributed by atoms with E-state index in [1.54, 1.807) is 29.2 Å². The third-order valence-corrected chi connectivity index (χ3v) is 2.31. The predicted octanol–water partition coefficient (Wildman–Crippen LogP) is 2.16. The SMILES string of the molecule is CCc1cncn1-c1cc(N)ccc1F. The molecule has 0 saturated carbocycles. The molecule has 2 rings (SSSR count). The van der Waals surface area contributed by atoms with E-state index < -0.39 is 0 Å². The molecule has 0 amide bonds. The Labute approximate surface area is 87.4 Å². The van der Waals surface area contributed by atoms with Crippen molar-refractivity contribution in [3.05, 3.63) is 42.2 Å². The second kappa shape index (κ2) is 3.73. The molecule has 0 aliphatic rings. The first-order chi connectivity index (χ1) is 7.22. The molecule has 1 heterocycles. The van der Waals surface area contributed by atoms with E-state index in [1.807, 2.05) is 6.92 Å². The van der Waals surface area contributed by atoms with Gasteiger partial charge in [-0.15, -0.1) is 0 Å². The van der Waals surface area contributed by atoms with Gasteiger partial charge in [-0.2, -0.15) is 0 Å². The van der Waals surface area contributed by atoms with Gasteiger partial charge in [0.25, 0.3) is 0 Å². The molecule has 2 aromatic rings. The lowest BCUT2D eigenvalue weighted by molar-refractivity contribution is 0.616. The first-order valence-corrected chi connectivity index (χ1v) is 4.79. The Morgan fingerprint density at radius 2 is 2.27 bits per heavy atom. The molecule has 1 aromatic carbocycles. The van der Waals surface area contributed by atoms with Gasteiger partial charge < -0.3 is 10.3 Å². The van der Waals surface area contributed by atoms with Crippen molar-refractivity contribution in [2.24, 2.45) is 0 Å². The van der Waals surface area contributed by atoms with Gasteiger partial charge >= 0.3 is 0 Å². The maximum absolute atomic E-state index is 13.5. The molecule has 0 bridgehead atoms. The van der Waals surface area contributed by atoms with Crippen LogP contribution in [0.2, 0.25) is 0 Å². The molecule has 0 radical (unpaired) electrons. The lowest BCUT2D eigenvalue weighted by Crippen LogP contribution is -2.01. The van der Waals surface area contributed by atoms with E-state index in [2.05, 4.69) is 4.98 Å². The van der Waals surface area contributed by atoms with Gasteiger partial charge in [0, 0.05) is 17.6 Å². The summed E-state index contributed by atoms with van der Waals surface area (Å²) in [7, 11) is 0. The van der Waals surface area contributed by atoms with Gasteiger partial charge in [-0.3, -0.25) is 0 Å². The van der Waals surface area contributed by atoms with Gasteiger partial charge in [-0.25, -0.2) is 9.37 Å². The first kappa shape index (κ1) is 9.71. The summed E-state index contributed by atoms with van der Waals surface area (Å²) in [4.78, 5) is 4.00. The molecule has 15 heavy (non-hydrogen) atoms. The number of halogens is 1. The van der Waals surface area contributed by atoms with Gasteiger partial charge in [-0.05, 0) is 24.6 Å². The number of aromatic nitrogens is 2. The normalized spacial score (nSPS) is 10.5. The molecular formula is C11H12FN3. The van der Waals surface area contributed by atoms with Crippen LogP contribution in [0.25, 0.3) is 5.69 Å². The Kier molecular flexibility index (Phi) is 2.41. The van der Waals surface area contributed by atoms with E-state index in [0.29, 0.717) is 11.4 Å². The third kappa shape index (κ3) is 1.70. The molecule has 0 aliphatic heterocycles. The van der Waals surface area contributed by atoms with E-state index in [4.69, 9.17) is 5.73 Å². The van der Waals surface area contributed by atoms with Crippen LogP contribution in [0, 0.1) is 5.82 Å². The number of hydrogen-bond acceptors (Lipinski definition) is 2. The van der Waals surface area contributed by atoms with Crippen LogP contribution < -0.4 is 5.73 Å². The molecule has 3 nitrogen and oxygen atoms in total. The van der Waals surface area contributed by atoms with Crippen molar-refractivity contribution in [3.63, 3.8) is 0 Å². The van der Waals surface area contributed by atoms with Crippen LogP contribution in [-0.4, -0.2) is 9.55 Å². The fourth-order valence-corrected chi connectivity index (χ4v) is 1.52. The van der Waals surface area contributed by atoms with E-state index in [-0.39, 0.29) is 5.82 Å². The Bertz CT molecular complexity index is 476. The maximum atomic E-state index is 13.5. The first-order valence-electron chi connectivity index (χ1n) is 4.79. The zero-order valence-electron chi connectivity index (χ0n) is 8.44. The number of nitrogens with zero attached hydrogens (tertiary/aromatic N) is 2. The summed E-state index contributed by atoms with van der Waals surface area (Å²) in [5.74, 6) is -0.295. The van der Waals surface area contributed by atoms with Gasteiger partial charge in [0.15, 0.2) is 0 Å². The summed E-state index contributed by atoms with van der Waals surface area (Å²) in [5, 5.41) is 0. The van der Waals surface area contributed by atoms with Crippen molar-refractivity contribution in [2.45, 2.75) is 13.3 Å². The molecule has 0 atom stereocenters. The average molecular weight is 205 g/mol. The van der Waals surface area contributed by atoms with Crippen molar-refractivity contribution < 1.29 is 4.39 Å². The number of imidazole rings is 1. The van der Waals surface area contributed by atoms with E-state index in [1.165, 1.54) is 6.07 Å². The average Bonchev–Trinajstić information content (AvgIpc) is 2.69. The summed E-state index contributed by atoms with van der Waals surface area (Å²) in [6.07, 6.45) is 4.12. The molecule has 0 unspecified atom stereocenters. The molecular weight excluding hydrogens is 193 g/mol. The lowest BCUT2D eigenvalue weighted by atomic mass is 10.2. The standard InChI is InChI=1S/C11H12FN3/c1-2-9-6-14-7-15(9)11-5-8(13)3-4-10(11)12/h3-7H,2,13H2,1H3. The van der Waals surface area contributed by atoms with E-state index in [9.17, 15) is 4.39 Å². The highest BCUT2D eigenvalue weighted by atomic mass is 19.1. The van der Waals surface area contributed by atoms with Crippen molar-refractivity contribution in [2.75, 3.05) is 5.73 Å². The highest BCUT2D eigenvalue weighted by molar-refractivity contribution is 5.49. The lowest BCUT2D eigenvalue weighted by Gasteiger charge is -2.08. The number of benzene rings is 1. The minimum Gasteiger partial charge on any atom is -0.399 e. The summed E-state index contributed by atoms with van der Waals surface area (Å²) in [6, 6.07) is 4.52. The van der Waals surface area contributed by atoms with Crippen LogP contribution in [0.5, 0.6) is 0 Å². The van der Waals surface area contributed by atoms with E-state index in [0.717, 1.165) is 12.1 Å². The van der Waals surface area contributed by atoms with Gasteiger partial charge in [-0.1, -0.05) is 6.92 Å². The molecule has 1 aromatic heterocycles. The van der Waals surface area contributed by atoms with Gasteiger partial charge in [0.2, 0.25) is 0 Å². The topological polar surface area (TPSA) is 43.8 Å². The number of rotatable bonds is 2. The highest BCUT2D eigenvalue weighted by Crippen LogP contribution is 2.18. The minimum atomic E-state index is -0.295. The van der Waals surface area contributed by atoms with Gasteiger partial charge in [0.05, 0.1) is 12.0 Å². The molecule has 0 aliphatic carbocycles. The number of aryl methyl sites for hydroxylation is 1. The quantitative estimate of drug-likeness (QED) is 0.763. The molecule has 0 fully saturated rings. The van der Waals surface area contributed by atoms with Crippen molar-refractivity contribution in [1.82, 2.24) is 9.55 Å². The fraction of sp³-hybridized carbons (Fsp3) is 0.182. The largest absolute Gasteiger partial charge is 0.399 e. The van der Waals surface area contributed by atoms with E-state index >= 15 is 0 Å². The van der Waals surface area contributed by atoms with Crippen LogP contribution >= 0.6 is 0 Å². The van der Waals surface area contributed by atoms with Crippen LogP contribution in [0.15, 0.2) is 30.7 Å². The fourth-order valence-electron chi connectivity index (χ4n) is 1.52. The molecule has 0 saturated heterocycles. The van der Waals surface area contributed by atoms with Crippen LogP contribution in [-0.2, 0) is 6.42 Å². The Morgan fingerprint density at radius 1 is 1.47 bits per heavy atom.